The van der Waals surface area contributed by atoms with Crippen LogP contribution in [-0.2, 0) is 9.59 Å². The van der Waals surface area contributed by atoms with Gasteiger partial charge >= 0.3 is 5.69 Å². The maximum absolute atomic E-state index is 13.0. The maximum atomic E-state index is 13.0. The van der Waals surface area contributed by atoms with E-state index in [9.17, 15) is 34.9 Å². The van der Waals surface area contributed by atoms with Crippen LogP contribution in [0.3, 0.4) is 0 Å². The van der Waals surface area contributed by atoms with E-state index in [0.29, 0.717) is 16.2 Å². The molecule has 0 atom stereocenters. The number of nitrogens with one attached hydrogen (secondary N) is 1. The molecule has 1 saturated heterocycles. The van der Waals surface area contributed by atoms with Gasteiger partial charge in [-0.3, -0.25) is 40.0 Å². The van der Waals surface area contributed by atoms with Crippen LogP contribution in [-0.4, -0.2) is 31.9 Å². The molecule has 0 aliphatic carbocycles. The summed E-state index contributed by atoms with van der Waals surface area (Å²) in [5.74, 6) is -2.74. The van der Waals surface area contributed by atoms with Crippen LogP contribution in [0.1, 0.15) is 5.56 Å². The first-order valence-electron chi connectivity index (χ1n) is 7.93. The fourth-order valence-electron chi connectivity index (χ4n) is 2.64. The topological polar surface area (TPSA) is 156 Å². The van der Waals surface area contributed by atoms with Crippen LogP contribution in [0.15, 0.2) is 46.4 Å². The second-order valence-electron chi connectivity index (χ2n) is 5.85. The van der Waals surface area contributed by atoms with Crippen LogP contribution in [0.4, 0.5) is 17.1 Å². The van der Waals surface area contributed by atoms with Crippen LogP contribution >= 0.6 is 28.1 Å². The number of nitro groups is 2. The minimum atomic E-state index is -1.02. The van der Waals surface area contributed by atoms with Crippen LogP contribution in [0.2, 0.25) is 0 Å². The Bertz CT molecular complexity index is 1180. The van der Waals surface area contributed by atoms with E-state index >= 15 is 0 Å². The van der Waals surface area contributed by atoms with Crippen molar-refractivity contribution in [2.75, 3.05) is 4.90 Å². The first kappa shape index (κ1) is 21.0. The van der Waals surface area contributed by atoms with E-state index in [1.807, 2.05) is 0 Å². The van der Waals surface area contributed by atoms with Crippen molar-refractivity contribution in [2.24, 2.45) is 0 Å². The van der Waals surface area contributed by atoms with Gasteiger partial charge in [-0.25, -0.2) is 0 Å². The highest BCUT2D eigenvalue weighted by Gasteiger charge is 2.35. The molecule has 152 valence electrons. The van der Waals surface area contributed by atoms with Crippen LogP contribution < -0.4 is 10.2 Å². The largest absolute Gasteiger partial charge is 0.502 e. The number of phenolic OH excluding ortho intramolecular Hbond substituents is 1. The predicted octanol–water partition coefficient (Wildman–Crippen LogP) is 2.80. The number of halogens is 1. The van der Waals surface area contributed by atoms with Gasteiger partial charge in [0.2, 0.25) is 5.75 Å². The Morgan fingerprint density at radius 1 is 1.13 bits per heavy atom. The monoisotopic (exact) mass is 492 g/mol. The first-order chi connectivity index (χ1) is 14.1. The molecule has 11 nitrogen and oxygen atoms in total. The molecule has 2 aromatic carbocycles. The molecule has 0 saturated carbocycles. The average Bonchev–Trinajstić information content (AvgIpc) is 2.65. The van der Waals surface area contributed by atoms with Gasteiger partial charge in [-0.2, -0.15) is 0 Å². The van der Waals surface area contributed by atoms with Gasteiger partial charge < -0.3 is 5.11 Å². The normalized spacial score (nSPS) is 15.3. The highest BCUT2D eigenvalue weighted by atomic mass is 79.9. The number of phenols is 1. The molecule has 2 aromatic rings. The number of hydrogen-bond acceptors (Lipinski definition) is 8. The highest BCUT2D eigenvalue weighted by molar-refractivity contribution is 9.10. The van der Waals surface area contributed by atoms with Crippen LogP contribution in [0, 0.1) is 20.2 Å². The minimum Gasteiger partial charge on any atom is -0.502 e. The lowest BCUT2D eigenvalue weighted by molar-refractivity contribution is -0.394. The summed E-state index contributed by atoms with van der Waals surface area (Å²) >= 11 is 8.32. The van der Waals surface area contributed by atoms with Crippen molar-refractivity contribution < 1.29 is 24.5 Å². The molecule has 3 rings (SSSR count). The third-order valence-corrected chi connectivity index (χ3v) is 4.76. The number of non-ortho nitro benzene ring substituents is 1. The summed E-state index contributed by atoms with van der Waals surface area (Å²) in [5.41, 5.74) is -2.31. The average molecular weight is 493 g/mol. The number of carbonyl (C=O) groups excluding carboxylic acids is 2. The molecule has 0 unspecified atom stereocenters. The SMILES string of the molecule is O=C1NC(=S)N(c2cccc(Br)c2)C(=O)/C1=C\c1cc([N+](=O)[O-])cc([N+](=O)[O-])c1O. The van der Waals surface area contributed by atoms with Gasteiger partial charge in [-0.05, 0) is 36.5 Å². The molecule has 0 spiro atoms. The fourth-order valence-corrected chi connectivity index (χ4v) is 3.31. The van der Waals surface area contributed by atoms with Gasteiger partial charge in [0.15, 0.2) is 5.11 Å². The molecule has 1 aliphatic heterocycles. The van der Waals surface area contributed by atoms with Gasteiger partial charge in [0.25, 0.3) is 17.5 Å². The van der Waals surface area contributed by atoms with E-state index in [4.69, 9.17) is 12.2 Å². The number of amides is 2. The highest BCUT2D eigenvalue weighted by Crippen LogP contribution is 2.36. The van der Waals surface area contributed by atoms with Crippen LogP contribution in [0.25, 0.3) is 6.08 Å². The summed E-state index contributed by atoms with van der Waals surface area (Å²) in [7, 11) is 0. The Balaban J connectivity index is 2.15. The number of thiocarbonyl (C=S) groups is 1. The van der Waals surface area contributed by atoms with Gasteiger partial charge in [-0.1, -0.05) is 22.0 Å². The molecule has 0 bridgehead atoms. The number of hydrogen-bond donors (Lipinski definition) is 2. The minimum absolute atomic E-state index is 0.200. The Morgan fingerprint density at radius 2 is 1.83 bits per heavy atom. The fraction of sp³-hybridized carbons (Fsp3) is 0. The van der Waals surface area contributed by atoms with Crippen molar-refractivity contribution in [3.05, 3.63) is 72.2 Å². The predicted molar refractivity (Wildman–Crippen MR) is 112 cm³/mol. The lowest BCUT2D eigenvalue weighted by Crippen LogP contribution is -2.54. The molecule has 0 radical (unpaired) electrons. The smallest absolute Gasteiger partial charge is 0.318 e. The zero-order valence-electron chi connectivity index (χ0n) is 14.6. The summed E-state index contributed by atoms with van der Waals surface area (Å²) in [4.78, 5) is 46.6. The number of benzene rings is 2. The molecule has 1 fully saturated rings. The van der Waals surface area contributed by atoms with E-state index < -0.39 is 49.9 Å². The van der Waals surface area contributed by atoms with E-state index in [1.54, 1.807) is 24.3 Å². The number of nitro benzene ring substituents is 2. The van der Waals surface area contributed by atoms with Gasteiger partial charge in [-0.15, -0.1) is 0 Å². The van der Waals surface area contributed by atoms with E-state index in [1.165, 1.54) is 0 Å². The van der Waals surface area contributed by atoms with E-state index in [-0.39, 0.29) is 5.11 Å². The molecule has 13 heteroatoms. The van der Waals surface area contributed by atoms with Crippen LogP contribution in [0.5, 0.6) is 5.75 Å². The lowest BCUT2D eigenvalue weighted by Gasteiger charge is -2.29. The quantitative estimate of drug-likeness (QED) is 0.217. The second kappa shape index (κ2) is 7.96. The first-order valence-corrected chi connectivity index (χ1v) is 9.13. The van der Waals surface area contributed by atoms with Crippen molar-refractivity contribution in [3.8, 4) is 5.75 Å². The molecule has 2 amide bonds. The third-order valence-electron chi connectivity index (χ3n) is 3.98. The van der Waals surface area contributed by atoms with Crippen molar-refractivity contribution in [3.63, 3.8) is 0 Å². The van der Waals surface area contributed by atoms with Gasteiger partial charge in [0, 0.05) is 16.1 Å². The summed E-state index contributed by atoms with van der Waals surface area (Å²) in [6.07, 6.45) is 0.833. The van der Waals surface area contributed by atoms with Gasteiger partial charge in [0.1, 0.15) is 5.57 Å². The van der Waals surface area contributed by atoms with E-state index in [0.717, 1.165) is 17.0 Å². The summed E-state index contributed by atoms with van der Waals surface area (Å²) in [6.45, 7) is 0. The molecular weight excluding hydrogens is 484 g/mol. The Kier molecular flexibility index (Phi) is 5.58. The second-order valence-corrected chi connectivity index (χ2v) is 7.16. The standard InChI is InChI=1S/C17H9BrN4O7S/c18-9-2-1-3-10(6-9)20-16(25)12(15(24)19-17(20)30)5-8-4-11(21(26)27)7-13(14(8)23)22(28)29/h1-7,23H,(H,19,24,30)/b12-5-. The van der Waals surface area contributed by atoms with E-state index in [2.05, 4.69) is 21.2 Å². The third kappa shape index (κ3) is 3.88. The lowest BCUT2D eigenvalue weighted by atomic mass is 10.0. The van der Waals surface area contributed by atoms with Crippen molar-refractivity contribution in [1.82, 2.24) is 5.32 Å². The number of rotatable bonds is 4. The number of nitrogens with zero attached hydrogens (tertiary/aromatic N) is 3. The Hall–Kier alpha value is -3.71. The van der Waals surface area contributed by atoms with Gasteiger partial charge in [0.05, 0.1) is 21.6 Å². The zero-order valence-corrected chi connectivity index (χ0v) is 17.0. The van der Waals surface area contributed by atoms with Crippen molar-refractivity contribution >= 4 is 68.2 Å². The summed E-state index contributed by atoms with van der Waals surface area (Å²) in [6, 6.07) is 7.84. The molecule has 30 heavy (non-hydrogen) atoms. The molecule has 1 heterocycles. The number of aromatic hydroxyl groups is 1. The van der Waals surface area contributed by atoms with Crippen molar-refractivity contribution in [2.45, 2.75) is 0 Å². The number of carbonyl (C=O) groups is 2. The Labute approximate surface area is 181 Å². The Morgan fingerprint density at radius 3 is 2.43 bits per heavy atom. The zero-order chi connectivity index (χ0) is 22.2. The van der Waals surface area contributed by atoms with Crippen molar-refractivity contribution in [1.29, 1.82) is 0 Å². The molecule has 1 aliphatic rings. The summed E-state index contributed by atoms with van der Waals surface area (Å²) < 4.78 is 0.630. The number of anilines is 1. The molecule has 0 aromatic heterocycles. The summed E-state index contributed by atoms with van der Waals surface area (Å²) in [5, 5.41) is 34.4. The molecular formula is C17H9BrN4O7S. The molecule has 2 N–H and O–H groups in total. The maximum Gasteiger partial charge on any atom is 0.318 e.